The van der Waals surface area contributed by atoms with Gasteiger partial charge in [-0.3, -0.25) is 19.7 Å². The maximum atomic E-state index is 13.7. The fourth-order valence-electron chi connectivity index (χ4n) is 3.88. The van der Waals surface area contributed by atoms with Crippen molar-refractivity contribution in [2.45, 2.75) is 38.6 Å². The number of benzene rings is 3. The van der Waals surface area contributed by atoms with Crippen molar-refractivity contribution >= 4 is 52.5 Å². The van der Waals surface area contributed by atoms with Gasteiger partial charge in [0, 0.05) is 53.0 Å². The van der Waals surface area contributed by atoms with Gasteiger partial charge in [0.2, 0.25) is 11.8 Å². The molecule has 0 radical (unpaired) electrons. The van der Waals surface area contributed by atoms with Crippen LogP contribution in [0.15, 0.2) is 72.8 Å². The van der Waals surface area contributed by atoms with E-state index in [9.17, 15) is 19.7 Å². The van der Waals surface area contributed by atoms with Crippen LogP contribution in [-0.4, -0.2) is 40.0 Å². The molecule has 206 valence electrons. The molecule has 3 aromatic rings. The van der Waals surface area contributed by atoms with Crippen molar-refractivity contribution in [3.63, 3.8) is 0 Å². The van der Waals surface area contributed by atoms with Crippen LogP contribution in [0.3, 0.4) is 0 Å². The van der Waals surface area contributed by atoms with Crippen molar-refractivity contribution in [1.82, 2.24) is 10.2 Å². The summed E-state index contributed by atoms with van der Waals surface area (Å²) >= 11 is 14.3. The van der Waals surface area contributed by atoms with Crippen LogP contribution in [0.4, 0.5) is 5.69 Å². The van der Waals surface area contributed by atoms with E-state index >= 15 is 0 Å². The average Bonchev–Trinajstić information content (AvgIpc) is 2.91. The van der Waals surface area contributed by atoms with Crippen LogP contribution in [0.1, 0.15) is 30.5 Å². The van der Waals surface area contributed by atoms with E-state index in [1.165, 1.54) is 23.9 Å². The van der Waals surface area contributed by atoms with Crippen LogP contribution in [0.2, 0.25) is 10.0 Å². The van der Waals surface area contributed by atoms with Gasteiger partial charge in [-0.15, -0.1) is 11.8 Å². The Morgan fingerprint density at radius 3 is 2.18 bits per heavy atom. The van der Waals surface area contributed by atoms with E-state index in [2.05, 4.69) is 5.32 Å². The fraction of sp³-hybridized carbons (Fsp3) is 0.310. The minimum atomic E-state index is -0.786. The molecule has 0 bridgehead atoms. The minimum absolute atomic E-state index is 0.0128. The van der Waals surface area contributed by atoms with Crippen LogP contribution in [-0.2, 0) is 28.3 Å². The van der Waals surface area contributed by atoms with Crippen molar-refractivity contribution < 1.29 is 14.5 Å². The highest BCUT2D eigenvalue weighted by atomic mass is 35.5. The Balaban J connectivity index is 1.86. The molecule has 1 atom stereocenters. The molecular weight excluding hydrogens is 557 g/mol. The van der Waals surface area contributed by atoms with Crippen molar-refractivity contribution in [1.29, 1.82) is 0 Å². The molecule has 3 rings (SSSR count). The molecule has 39 heavy (non-hydrogen) atoms. The maximum Gasteiger partial charge on any atom is 0.269 e. The molecule has 10 heteroatoms. The third-order valence-electron chi connectivity index (χ3n) is 5.99. The van der Waals surface area contributed by atoms with Crippen LogP contribution in [0.25, 0.3) is 0 Å². The molecule has 0 unspecified atom stereocenters. The monoisotopic (exact) mass is 587 g/mol. The zero-order chi connectivity index (χ0) is 28.4. The van der Waals surface area contributed by atoms with Crippen molar-refractivity contribution in [2.75, 3.05) is 12.3 Å². The summed E-state index contributed by atoms with van der Waals surface area (Å²) in [6.45, 7) is 4.57. The highest BCUT2D eigenvalue weighted by Crippen LogP contribution is 2.28. The number of rotatable bonds is 13. The van der Waals surface area contributed by atoms with Gasteiger partial charge in [-0.25, -0.2) is 0 Å². The first-order valence-electron chi connectivity index (χ1n) is 12.5. The lowest BCUT2D eigenvalue weighted by atomic mass is 10.0. The number of nitro groups is 1. The quantitative estimate of drug-likeness (QED) is 0.181. The largest absolute Gasteiger partial charge is 0.354 e. The molecular formula is C29H31Cl2N3O4S. The SMILES string of the molecule is CC(C)CNC(=O)[C@H](Cc1ccccc1)N(Cc1c(Cl)cccc1Cl)C(=O)CSCc1ccc([N+](=O)[O-])cc1. The van der Waals surface area contributed by atoms with Crippen LogP contribution in [0.5, 0.6) is 0 Å². The Kier molecular flexibility index (Phi) is 11.7. The topological polar surface area (TPSA) is 92.6 Å². The summed E-state index contributed by atoms with van der Waals surface area (Å²) in [5.41, 5.74) is 2.36. The molecule has 1 N–H and O–H groups in total. The van der Waals surface area contributed by atoms with E-state index in [-0.39, 0.29) is 35.7 Å². The van der Waals surface area contributed by atoms with Gasteiger partial charge in [0.25, 0.3) is 5.69 Å². The first-order chi connectivity index (χ1) is 18.7. The molecule has 0 fully saturated rings. The van der Waals surface area contributed by atoms with Gasteiger partial charge < -0.3 is 10.2 Å². The first-order valence-corrected chi connectivity index (χ1v) is 14.4. The number of nitro benzene ring substituents is 1. The first kappa shape index (κ1) is 30.5. The van der Waals surface area contributed by atoms with E-state index in [1.54, 1.807) is 35.2 Å². The molecule has 0 aromatic heterocycles. The zero-order valence-corrected chi connectivity index (χ0v) is 24.1. The van der Waals surface area contributed by atoms with Crippen molar-refractivity contribution in [2.24, 2.45) is 5.92 Å². The number of carbonyl (C=O) groups excluding carboxylic acids is 2. The van der Waals surface area contributed by atoms with E-state index in [0.29, 0.717) is 34.3 Å². The molecule has 0 aliphatic rings. The van der Waals surface area contributed by atoms with Gasteiger partial charge in [0.1, 0.15) is 6.04 Å². The molecule has 7 nitrogen and oxygen atoms in total. The standard InChI is InChI=1S/C29H31Cl2N3O4S/c1-20(2)16-32-29(36)27(15-21-7-4-3-5-8-21)33(17-24-25(30)9-6-10-26(24)31)28(35)19-39-18-22-11-13-23(14-12-22)34(37)38/h3-14,20,27H,15-19H2,1-2H3,(H,32,36)/t27-/m0/s1. The lowest BCUT2D eigenvalue weighted by Gasteiger charge is -2.32. The predicted octanol–water partition coefficient (Wildman–Crippen LogP) is 6.55. The summed E-state index contributed by atoms with van der Waals surface area (Å²) in [6, 6.07) is 20.2. The average molecular weight is 589 g/mol. The van der Waals surface area contributed by atoms with Gasteiger partial charge in [0.05, 0.1) is 10.7 Å². The van der Waals surface area contributed by atoms with Crippen LogP contribution >= 0.6 is 35.0 Å². The molecule has 2 amide bonds. The van der Waals surface area contributed by atoms with Gasteiger partial charge in [0.15, 0.2) is 0 Å². The van der Waals surface area contributed by atoms with Crippen LogP contribution in [0, 0.1) is 16.0 Å². The predicted molar refractivity (Wildman–Crippen MR) is 158 cm³/mol. The molecule has 0 spiro atoms. The number of amides is 2. The highest BCUT2D eigenvalue weighted by Gasteiger charge is 2.31. The van der Waals surface area contributed by atoms with E-state index in [1.807, 2.05) is 44.2 Å². The zero-order valence-electron chi connectivity index (χ0n) is 21.8. The summed E-state index contributed by atoms with van der Waals surface area (Å²) in [4.78, 5) is 39.3. The van der Waals surface area contributed by atoms with E-state index < -0.39 is 11.0 Å². The van der Waals surface area contributed by atoms with Crippen molar-refractivity contribution in [3.8, 4) is 0 Å². The summed E-state index contributed by atoms with van der Waals surface area (Å²) in [7, 11) is 0. The smallest absolute Gasteiger partial charge is 0.269 e. The third kappa shape index (κ3) is 9.27. The van der Waals surface area contributed by atoms with Gasteiger partial charge in [-0.2, -0.15) is 0 Å². The second kappa shape index (κ2) is 14.9. The fourth-order valence-corrected chi connectivity index (χ4v) is 5.27. The van der Waals surface area contributed by atoms with Gasteiger partial charge >= 0.3 is 0 Å². The normalized spacial score (nSPS) is 11.7. The molecule has 0 saturated heterocycles. The number of nitrogens with zero attached hydrogens (tertiary/aromatic N) is 2. The summed E-state index contributed by atoms with van der Waals surface area (Å²) < 4.78 is 0. The maximum absolute atomic E-state index is 13.7. The Morgan fingerprint density at radius 2 is 1.59 bits per heavy atom. The summed E-state index contributed by atoms with van der Waals surface area (Å²) in [5.74, 6) is 0.337. The number of hydrogen-bond donors (Lipinski definition) is 1. The second-order valence-corrected chi connectivity index (χ2v) is 11.3. The number of hydrogen-bond acceptors (Lipinski definition) is 5. The number of nitrogens with one attached hydrogen (secondary N) is 1. The Hall–Kier alpha value is -3.07. The lowest BCUT2D eigenvalue weighted by molar-refractivity contribution is -0.384. The minimum Gasteiger partial charge on any atom is -0.354 e. The number of non-ortho nitro benzene ring substituents is 1. The number of carbonyl (C=O) groups is 2. The lowest BCUT2D eigenvalue weighted by Crippen LogP contribution is -2.51. The second-order valence-electron chi connectivity index (χ2n) is 9.48. The molecule has 0 aliphatic carbocycles. The summed E-state index contributed by atoms with van der Waals surface area (Å²) in [6.07, 6.45) is 0.325. The van der Waals surface area contributed by atoms with E-state index in [4.69, 9.17) is 23.2 Å². The van der Waals surface area contributed by atoms with Crippen LogP contribution < -0.4 is 5.32 Å². The third-order valence-corrected chi connectivity index (χ3v) is 7.68. The van der Waals surface area contributed by atoms with E-state index in [0.717, 1.165) is 11.1 Å². The Bertz CT molecular complexity index is 1250. The molecule has 0 saturated carbocycles. The molecule has 3 aromatic carbocycles. The number of thioether (sulfide) groups is 1. The Labute approximate surface area is 243 Å². The molecule has 0 heterocycles. The van der Waals surface area contributed by atoms with Gasteiger partial charge in [-0.1, -0.05) is 85.6 Å². The summed E-state index contributed by atoms with van der Waals surface area (Å²) in [5, 5.41) is 14.7. The Morgan fingerprint density at radius 1 is 0.949 bits per heavy atom. The molecule has 0 aliphatic heterocycles. The highest BCUT2D eigenvalue weighted by molar-refractivity contribution is 7.99. The number of halogens is 2. The van der Waals surface area contributed by atoms with Crippen molar-refractivity contribution in [3.05, 3.63) is 110 Å². The van der Waals surface area contributed by atoms with Gasteiger partial charge in [-0.05, 0) is 29.2 Å².